The summed E-state index contributed by atoms with van der Waals surface area (Å²) in [6.07, 6.45) is 0.438. The number of hydrogen-bond acceptors (Lipinski definition) is 5. The van der Waals surface area contributed by atoms with E-state index >= 15 is 0 Å². The fourth-order valence-corrected chi connectivity index (χ4v) is 5.78. The zero-order valence-corrected chi connectivity index (χ0v) is 21.0. The SMILES string of the molecule is COCCCN1C(=O)c2oc3ccc(F)cc3c(=O)c2C12C(=O)N(Cc1cccc(C)c1)c1ccccc12. The zero-order valence-electron chi connectivity index (χ0n) is 21.0. The number of carbonyl (C=O) groups excluding carboxylic acids is 2. The molecule has 0 radical (unpaired) electrons. The Balaban J connectivity index is 1.63. The Kier molecular flexibility index (Phi) is 5.65. The van der Waals surface area contributed by atoms with Gasteiger partial charge in [-0.05, 0) is 43.2 Å². The summed E-state index contributed by atoms with van der Waals surface area (Å²) >= 11 is 0. The molecule has 3 heterocycles. The van der Waals surface area contributed by atoms with Gasteiger partial charge in [0.25, 0.3) is 11.8 Å². The molecule has 0 saturated carbocycles. The van der Waals surface area contributed by atoms with E-state index in [9.17, 15) is 18.8 Å². The lowest BCUT2D eigenvalue weighted by molar-refractivity contribution is -0.126. The molecule has 0 N–H and O–H groups in total. The van der Waals surface area contributed by atoms with Gasteiger partial charge in [-0.15, -0.1) is 0 Å². The quantitative estimate of drug-likeness (QED) is 0.355. The van der Waals surface area contributed by atoms with Gasteiger partial charge in [0, 0.05) is 25.8 Å². The number of fused-ring (bicyclic) bond motifs is 5. The number of benzene rings is 3. The largest absolute Gasteiger partial charge is 0.450 e. The van der Waals surface area contributed by atoms with E-state index in [-0.39, 0.29) is 35.4 Å². The Morgan fingerprint density at radius 2 is 1.82 bits per heavy atom. The highest BCUT2D eigenvalue weighted by atomic mass is 19.1. The van der Waals surface area contributed by atoms with Gasteiger partial charge >= 0.3 is 0 Å². The van der Waals surface area contributed by atoms with Crippen molar-refractivity contribution in [2.75, 3.05) is 25.2 Å². The van der Waals surface area contributed by atoms with E-state index < -0.39 is 28.6 Å². The van der Waals surface area contributed by atoms with Crippen LogP contribution in [-0.2, 0) is 21.6 Å². The van der Waals surface area contributed by atoms with Gasteiger partial charge in [0.05, 0.1) is 23.2 Å². The van der Waals surface area contributed by atoms with Crippen LogP contribution in [0.3, 0.4) is 0 Å². The van der Waals surface area contributed by atoms with Crippen LogP contribution in [0.2, 0.25) is 0 Å². The molecule has 0 fully saturated rings. The van der Waals surface area contributed by atoms with Gasteiger partial charge in [0.2, 0.25) is 5.76 Å². The molecule has 4 aromatic rings. The first-order chi connectivity index (χ1) is 18.4. The molecule has 2 aliphatic heterocycles. The van der Waals surface area contributed by atoms with Crippen molar-refractivity contribution < 1.29 is 23.1 Å². The minimum atomic E-state index is -1.73. The van der Waals surface area contributed by atoms with Crippen molar-refractivity contribution in [2.45, 2.75) is 25.4 Å². The lowest BCUT2D eigenvalue weighted by Crippen LogP contribution is -2.53. The van der Waals surface area contributed by atoms with Crippen molar-refractivity contribution in [1.82, 2.24) is 4.90 Å². The van der Waals surface area contributed by atoms with Crippen LogP contribution in [0.15, 0.2) is 75.9 Å². The Labute approximate surface area is 218 Å². The van der Waals surface area contributed by atoms with Crippen LogP contribution in [0.5, 0.6) is 0 Å². The Morgan fingerprint density at radius 1 is 1.00 bits per heavy atom. The smallest absolute Gasteiger partial charge is 0.291 e. The van der Waals surface area contributed by atoms with E-state index in [1.165, 1.54) is 17.0 Å². The number of para-hydroxylation sites is 1. The van der Waals surface area contributed by atoms with E-state index in [4.69, 9.17) is 9.15 Å². The van der Waals surface area contributed by atoms with Crippen molar-refractivity contribution in [3.8, 4) is 0 Å². The third kappa shape index (κ3) is 3.33. The summed E-state index contributed by atoms with van der Waals surface area (Å²) in [5.74, 6) is -1.78. The van der Waals surface area contributed by atoms with Crippen molar-refractivity contribution in [3.05, 3.63) is 111 Å². The third-order valence-electron chi connectivity index (χ3n) is 7.35. The molecule has 6 rings (SSSR count). The number of rotatable bonds is 6. The van der Waals surface area contributed by atoms with Gasteiger partial charge in [0.15, 0.2) is 11.0 Å². The maximum absolute atomic E-state index is 14.6. The standard InChI is InChI=1S/C30H25FN2O5/c1-18-7-5-8-19(15-18)17-32-23-10-4-3-9-22(23)30(29(32)36)25-26(34)21-16-20(31)11-12-24(21)38-27(25)28(35)33(30)13-6-14-37-2/h3-5,7-12,15-16H,6,13-14,17H2,1-2H3. The number of halogens is 1. The monoisotopic (exact) mass is 512 g/mol. The molecule has 2 aliphatic rings. The van der Waals surface area contributed by atoms with Crippen molar-refractivity contribution in [2.24, 2.45) is 0 Å². The van der Waals surface area contributed by atoms with E-state index in [0.717, 1.165) is 17.2 Å². The fraction of sp³-hybridized carbons (Fsp3) is 0.233. The Morgan fingerprint density at radius 3 is 2.61 bits per heavy atom. The number of methoxy groups -OCH3 is 1. The van der Waals surface area contributed by atoms with Gasteiger partial charge in [0.1, 0.15) is 11.4 Å². The first kappa shape index (κ1) is 24.1. The second-order valence-corrected chi connectivity index (χ2v) is 9.69. The van der Waals surface area contributed by atoms with Gasteiger partial charge in [-0.25, -0.2) is 4.39 Å². The second kappa shape index (κ2) is 8.92. The maximum Gasteiger partial charge on any atom is 0.291 e. The summed E-state index contributed by atoms with van der Waals surface area (Å²) < 4.78 is 25.4. The number of aryl methyl sites for hydroxylation is 1. The van der Waals surface area contributed by atoms with Gasteiger partial charge < -0.3 is 19.0 Å². The van der Waals surface area contributed by atoms with E-state index in [1.807, 2.05) is 43.3 Å². The molecule has 0 saturated heterocycles. The second-order valence-electron chi connectivity index (χ2n) is 9.69. The first-order valence-corrected chi connectivity index (χ1v) is 12.4. The molecule has 0 aliphatic carbocycles. The average molecular weight is 513 g/mol. The number of carbonyl (C=O) groups is 2. The molecule has 1 aromatic heterocycles. The third-order valence-corrected chi connectivity index (χ3v) is 7.35. The Hall–Kier alpha value is -4.30. The molecule has 7 nitrogen and oxygen atoms in total. The van der Waals surface area contributed by atoms with E-state index in [0.29, 0.717) is 24.3 Å². The number of nitrogens with zero attached hydrogens (tertiary/aromatic N) is 2. The average Bonchev–Trinajstić information content (AvgIpc) is 3.29. The molecule has 8 heteroatoms. The van der Waals surface area contributed by atoms with Crippen LogP contribution in [-0.4, -0.2) is 37.0 Å². The number of hydrogen-bond donors (Lipinski definition) is 0. The molecule has 2 amide bonds. The molecule has 1 unspecified atom stereocenters. The van der Waals surface area contributed by atoms with E-state index in [2.05, 4.69) is 0 Å². The van der Waals surface area contributed by atoms with Crippen LogP contribution in [0, 0.1) is 12.7 Å². The van der Waals surface area contributed by atoms with Crippen molar-refractivity contribution >= 4 is 28.5 Å². The molecule has 1 atom stereocenters. The summed E-state index contributed by atoms with van der Waals surface area (Å²) in [6.45, 7) is 2.73. The molecule has 38 heavy (non-hydrogen) atoms. The molecule has 1 spiro atoms. The van der Waals surface area contributed by atoms with Crippen LogP contribution in [0.1, 0.15) is 39.2 Å². The van der Waals surface area contributed by atoms with Gasteiger partial charge in [-0.1, -0.05) is 48.0 Å². The van der Waals surface area contributed by atoms with Crippen LogP contribution >= 0.6 is 0 Å². The summed E-state index contributed by atoms with van der Waals surface area (Å²) in [7, 11) is 1.56. The van der Waals surface area contributed by atoms with Gasteiger partial charge in [-0.2, -0.15) is 0 Å². The minimum absolute atomic E-state index is 0.0166. The molecular weight excluding hydrogens is 487 g/mol. The first-order valence-electron chi connectivity index (χ1n) is 12.4. The maximum atomic E-state index is 14.6. The topological polar surface area (TPSA) is 80.1 Å². The van der Waals surface area contributed by atoms with E-state index in [1.54, 1.807) is 24.1 Å². The Bertz CT molecular complexity index is 1680. The van der Waals surface area contributed by atoms with Crippen molar-refractivity contribution in [3.63, 3.8) is 0 Å². The van der Waals surface area contributed by atoms with Crippen molar-refractivity contribution in [1.29, 1.82) is 0 Å². The molecule has 3 aromatic carbocycles. The normalized spacial score (nSPS) is 18.1. The zero-order chi connectivity index (χ0) is 26.6. The summed E-state index contributed by atoms with van der Waals surface area (Å²) in [6, 6.07) is 18.6. The fourth-order valence-electron chi connectivity index (χ4n) is 5.78. The van der Waals surface area contributed by atoms with Crippen LogP contribution in [0.25, 0.3) is 11.0 Å². The lowest BCUT2D eigenvalue weighted by atomic mass is 9.84. The minimum Gasteiger partial charge on any atom is -0.450 e. The highest BCUT2D eigenvalue weighted by Crippen LogP contribution is 2.52. The number of anilines is 1. The van der Waals surface area contributed by atoms with Gasteiger partial charge in [-0.3, -0.25) is 14.4 Å². The highest BCUT2D eigenvalue weighted by Gasteiger charge is 2.64. The number of amides is 2. The molecule has 192 valence electrons. The van der Waals surface area contributed by atoms with Crippen LogP contribution < -0.4 is 10.3 Å². The molecule has 0 bridgehead atoms. The predicted octanol–water partition coefficient (Wildman–Crippen LogP) is 4.52. The summed E-state index contributed by atoms with van der Waals surface area (Å²) in [4.78, 5) is 45.6. The lowest BCUT2D eigenvalue weighted by Gasteiger charge is -2.34. The molecular formula is C30H25FN2O5. The summed E-state index contributed by atoms with van der Waals surface area (Å²) in [5.41, 5.74) is 0.781. The predicted molar refractivity (Wildman–Crippen MR) is 140 cm³/mol. The highest BCUT2D eigenvalue weighted by molar-refractivity contribution is 6.17. The summed E-state index contributed by atoms with van der Waals surface area (Å²) in [5, 5.41) is -0.0166. The van der Waals surface area contributed by atoms with Crippen LogP contribution in [0.4, 0.5) is 10.1 Å². The number of ether oxygens (including phenoxy) is 1.